The Labute approximate surface area is 299 Å². The van der Waals surface area contributed by atoms with Crippen LogP contribution in [0.15, 0.2) is 180 Å². The van der Waals surface area contributed by atoms with E-state index in [0.29, 0.717) is 17.5 Å². The lowest BCUT2D eigenvalue weighted by atomic mass is 10.0. The van der Waals surface area contributed by atoms with E-state index in [-0.39, 0.29) is 0 Å². The van der Waals surface area contributed by atoms with Gasteiger partial charge in [-0.1, -0.05) is 127 Å². The third-order valence-corrected chi connectivity index (χ3v) is 9.49. The Kier molecular flexibility index (Phi) is 7.03. The standard InChI is InChI=1S/C46H29N5O/c1-4-13-30(14-5-1)31-23-25-33(26-24-31)44-48-43(32-15-6-2-7-16-32)49-45(50-44)36-19-12-22-41-42(36)37-29-34(27-28-40(37)52-41)46-47-38-20-10-11-21-39(38)51(46)35-17-8-3-9-18-35/h1-29H. The molecule has 244 valence electrons. The molecule has 7 aromatic carbocycles. The molecule has 0 aliphatic carbocycles. The zero-order valence-corrected chi connectivity index (χ0v) is 27.9. The summed E-state index contributed by atoms with van der Waals surface area (Å²) in [5.74, 6) is 2.64. The molecule has 0 fully saturated rings. The summed E-state index contributed by atoms with van der Waals surface area (Å²) in [7, 11) is 0. The third-order valence-electron chi connectivity index (χ3n) is 9.49. The normalized spacial score (nSPS) is 11.5. The van der Waals surface area contributed by atoms with Gasteiger partial charge in [-0.15, -0.1) is 0 Å². The van der Waals surface area contributed by atoms with Gasteiger partial charge < -0.3 is 4.42 Å². The van der Waals surface area contributed by atoms with Crippen molar-refractivity contribution in [2.24, 2.45) is 0 Å². The van der Waals surface area contributed by atoms with Gasteiger partial charge in [-0.25, -0.2) is 19.9 Å². The minimum Gasteiger partial charge on any atom is -0.456 e. The number of fused-ring (bicyclic) bond motifs is 4. The van der Waals surface area contributed by atoms with Gasteiger partial charge in [0.2, 0.25) is 0 Å². The van der Waals surface area contributed by atoms with E-state index in [1.54, 1.807) is 0 Å². The predicted octanol–water partition coefficient (Wildman–Crippen LogP) is 11.4. The molecule has 0 atom stereocenters. The van der Waals surface area contributed by atoms with Gasteiger partial charge >= 0.3 is 0 Å². The van der Waals surface area contributed by atoms with Crippen molar-refractivity contribution in [2.75, 3.05) is 0 Å². The van der Waals surface area contributed by atoms with Gasteiger partial charge in [0, 0.05) is 38.7 Å². The average molecular weight is 668 g/mol. The molecule has 6 heteroatoms. The van der Waals surface area contributed by atoms with Gasteiger partial charge in [-0.05, 0) is 59.7 Å². The molecular weight excluding hydrogens is 639 g/mol. The minimum absolute atomic E-state index is 0.575. The smallest absolute Gasteiger partial charge is 0.164 e. The lowest BCUT2D eigenvalue weighted by Crippen LogP contribution is -2.00. The Morgan fingerprint density at radius 3 is 1.73 bits per heavy atom. The van der Waals surface area contributed by atoms with Crippen molar-refractivity contribution in [3.05, 3.63) is 176 Å². The molecule has 0 amide bonds. The van der Waals surface area contributed by atoms with Crippen LogP contribution >= 0.6 is 0 Å². The number of hydrogen-bond donors (Lipinski definition) is 0. The van der Waals surface area contributed by atoms with Gasteiger partial charge in [-0.3, -0.25) is 4.57 Å². The molecule has 0 aliphatic rings. The van der Waals surface area contributed by atoms with E-state index in [0.717, 1.165) is 77.9 Å². The summed E-state index contributed by atoms with van der Waals surface area (Å²) in [6, 6.07) is 59.8. The number of hydrogen-bond acceptors (Lipinski definition) is 5. The predicted molar refractivity (Wildman–Crippen MR) is 209 cm³/mol. The zero-order valence-electron chi connectivity index (χ0n) is 27.9. The number of nitrogens with zero attached hydrogens (tertiary/aromatic N) is 5. The highest BCUT2D eigenvalue weighted by Gasteiger charge is 2.20. The lowest BCUT2D eigenvalue weighted by Gasteiger charge is -2.10. The van der Waals surface area contributed by atoms with Crippen molar-refractivity contribution in [3.63, 3.8) is 0 Å². The summed E-state index contributed by atoms with van der Waals surface area (Å²) in [6.45, 7) is 0. The first kappa shape index (κ1) is 29.7. The molecule has 52 heavy (non-hydrogen) atoms. The summed E-state index contributed by atoms with van der Waals surface area (Å²) in [6.07, 6.45) is 0. The highest BCUT2D eigenvalue weighted by atomic mass is 16.3. The number of aromatic nitrogens is 5. The number of benzene rings is 7. The Bertz CT molecular complexity index is 2880. The van der Waals surface area contributed by atoms with Crippen LogP contribution in [0.5, 0.6) is 0 Å². The highest BCUT2D eigenvalue weighted by molar-refractivity contribution is 6.12. The van der Waals surface area contributed by atoms with Crippen molar-refractivity contribution in [1.29, 1.82) is 0 Å². The van der Waals surface area contributed by atoms with Crippen LogP contribution in [0.2, 0.25) is 0 Å². The largest absolute Gasteiger partial charge is 0.456 e. The van der Waals surface area contributed by atoms with Crippen LogP contribution in [0, 0.1) is 0 Å². The highest BCUT2D eigenvalue weighted by Crippen LogP contribution is 2.39. The molecule has 6 nitrogen and oxygen atoms in total. The maximum absolute atomic E-state index is 6.47. The summed E-state index contributed by atoms with van der Waals surface area (Å²) in [5.41, 5.74) is 10.5. The van der Waals surface area contributed by atoms with Gasteiger partial charge in [0.1, 0.15) is 17.0 Å². The second-order valence-electron chi connectivity index (χ2n) is 12.7. The molecule has 3 aromatic heterocycles. The Morgan fingerprint density at radius 2 is 0.981 bits per heavy atom. The van der Waals surface area contributed by atoms with Crippen molar-refractivity contribution in [2.45, 2.75) is 0 Å². The van der Waals surface area contributed by atoms with Crippen LogP contribution in [0.1, 0.15) is 0 Å². The van der Waals surface area contributed by atoms with Crippen molar-refractivity contribution < 1.29 is 4.42 Å². The van der Waals surface area contributed by atoms with Crippen LogP contribution in [0.4, 0.5) is 0 Å². The topological polar surface area (TPSA) is 69.6 Å². The van der Waals surface area contributed by atoms with E-state index >= 15 is 0 Å². The first-order chi connectivity index (χ1) is 25.8. The quantitative estimate of drug-likeness (QED) is 0.176. The molecule has 10 rings (SSSR count). The summed E-state index contributed by atoms with van der Waals surface area (Å²) in [5, 5.41) is 1.91. The molecule has 3 heterocycles. The summed E-state index contributed by atoms with van der Waals surface area (Å²) >= 11 is 0. The van der Waals surface area contributed by atoms with Gasteiger partial charge in [-0.2, -0.15) is 0 Å². The number of furan rings is 1. The minimum atomic E-state index is 0.575. The SMILES string of the molecule is c1ccc(-c2ccc(-c3nc(-c4ccccc4)nc(-c4cccc5oc6ccc(-c7nc8ccccc8n7-c7ccccc7)cc6c45)n3)cc2)cc1. The van der Waals surface area contributed by atoms with E-state index < -0.39 is 0 Å². The lowest BCUT2D eigenvalue weighted by molar-refractivity contribution is 0.669. The molecule has 0 bridgehead atoms. The van der Waals surface area contributed by atoms with Crippen molar-refractivity contribution in [1.82, 2.24) is 24.5 Å². The second kappa shape index (κ2) is 12.3. The molecule has 0 spiro atoms. The molecule has 0 saturated carbocycles. The van der Waals surface area contributed by atoms with E-state index in [1.807, 2.05) is 66.7 Å². The van der Waals surface area contributed by atoms with Crippen LogP contribution in [0.25, 0.3) is 95.3 Å². The maximum atomic E-state index is 6.47. The van der Waals surface area contributed by atoms with Crippen LogP contribution in [-0.2, 0) is 0 Å². The fraction of sp³-hybridized carbons (Fsp3) is 0. The molecule has 0 radical (unpaired) electrons. The zero-order chi connectivity index (χ0) is 34.4. The van der Waals surface area contributed by atoms with Crippen molar-refractivity contribution in [3.8, 4) is 62.4 Å². The monoisotopic (exact) mass is 667 g/mol. The maximum Gasteiger partial charge on any atom is 0.164 e. The first-order valence-electron chi connectivity index (χ1n) is 17.2. The van der Waals surface area contributed by atoms with Crippen LogP contribution < -0.4 is 0 Å². The van der Waals surface area contributed by atoms with Crippen molar-refractivity contribution >= 4 is 33.0 Å². The van der Waals surface area contributed by atoms with Crippen LogP contribution in [0.3, 0.4) is 0 Å². The molecule has 0 N–H and O–H groups in total. The fourth-order valence-electron chi connectivity index (χ4n) is 6.99. The average Bonchev–Trinajstić information content (AvgIpc) is 3.80. The molecule has 0 saturated heterocycles. The number of rotatable bonds is 6. The second-order valence-corrected chi connectivity index (χ2v) is 12.7. The molecular formula is C46H29N5O. The van der Waals surface area contributed by atoms with E-state index in [4.69, 9.17) is 24.4 Å². The van der Waals surface area contributed by atoms with Gasteiger partial charge in [0.15, 0.2) is 17.5 Å². The summed E-state index contributed by atoms with van der Waals surface area (Å²) in [4.78, 5) is 20.3. The molecule has 10 aromatic rings. The Hall–Kier alpha value is -7.18. The van der Waals surface area contributed by atoms with Gasteiger partial charge in [0.25, 0.3) is 0 Å². The van der Waals surface area contributed by atoms with E-state index in [2.05, 4.69) is 114 Å². The Balaban J connectivity index is 1.16. The van der Waals surface area contributed by atoms with Crippen LogP contribution in [-0.4, -0.2) is 24.5 Å². The first-order valence-corrected chi connectivity index (χ1v) is 17.2. The van der Waals surface area contributed by atoms with E-state index in [1.165, 1.54) is 0 Å². The van der Waals surface area contributed by atoms with E-state index in [9.17, 15) is 0 Å². The molecule has 0 unspecified atom stereocenters. The van der Waals surface area contributed by atoms with Gasteiger partial charge in [0.05, 0.1) is 11.0 Å². The molecule has 0 aliphatic heterocycles. The number of para-hydroxylation sites is 3. The fourth-order valence-corrected chi connectivity index (χ4v) is 6.99. The number of imidazole rings is 1. The summed E-state index contributed by atoms with van der Waals surface area (Å²) < 4.78 is 8.68. The Morgan fingerprint density at radius 1 is 0.404 bits per heavy atom. The third kappa shape index (κ3) is 5.13.